The zero-order valence-electron chi connectivity index (χ0n) is 9.60. The second-order valence-corrected chi connectivity index (χ2v) is 5.92. The molecule has 0 bridgehead atoms. The number of nitrogens with one attached hydrogen (secondary N) is 1. The Morgan fingerprint density at radius 2 is 2.22 bits per heavy atom. The van der Waals surface area contributed by atoms with Crippen LogP contribution in [0.3, 0.4) is 0 Å². The van der Waals surface area contributed by atoms with Crippen LogP contribution in [0, 0.1) is 5.82 Å². The van der Waals surface area contributed by atoms with Crippen molar-refractivity contribution in [2.45, 2.75) is 29.5 Å². The molecule has 2 aromatic rings. The van der Waals surface area contributed by atoms with Gasteiger partial charge in [-0.1, -0.05) is 12.1 Å². The third-order valence-corrected chi connectivity index (χ3v) is 4.30. The Morgan fingerprint density at radius 3 is 3.00 bits per heavy atom. The fourth-order valence-corrected chi connectivity index (χ4v) is 3.02. The summed E-state index contributed by atoms with van der Waals surface area (Å²) in [5, 5.41) is 4.18. The predicted molar refractivity (Wildman–Crippen MR) is 72.5 cm³/mol. The predicted octanol–water partition coefficient (Wildman–Crippen LogP) is 3.54. The molecule has 3 nitrogen and oxygen atoms in total. The highest BCUT2D eigenvalue weighted by Gasteiger charge is 2.22. The largest absolute Gasteiger partial charge is 0.358 e. The molecule has 1 aliphatic rings. The van der Waals surface area contributed by atoms with E-state index >= 15 is 0 Å². The SMILES string of the molecule is Fc1ccccc1SCc1nsc(NC2CC2)n1. The number of thioether (sulfide) groups is 1. The van der Waals surface area contributed by atoms with Crippen molar-refractivity contribution >= 4 is 28.4 Å². The van der Waals surface area contributed by atoms with Crippen molar-refractivity contribution in [1.29, 1.82) is 0 Å². The highest BCUT2D eigenvalue weighted by Crippen LogP contribution is 2.28. The summed E-state index contributed by atoms with van der Waals surface area (Å²) in [6, 6.07) is 7.36. The molecule has 1 fully saturated rings. The van der Waals surface area contributed by atoms with Gasteiger partial charge in [-0.2, -0.15) is 4.37 Å². The van der Waals surface area contributed by atoms with E-state index in [1.54, 1.807) is 12.1 Å². The zero-order valence-corrected chi connectivity index (χ0v) is 11.2. The first-order valence-corrected chi connectivity index (χ1v) is 7.53. The van der Waals surface area contributed by atoms with Gasteiger partial charge in [-0.25, -0.2) is 9.37 Å². The summed E-state index contributed by atoms with van der Waals surface area (Å²) in [7, 11) is 0. The van der Waals surface area contributed by atoms with E-state index in [0.29, 0.717) is 16.7 Å². The average molecular weight is 281 g/mol. The van der Waals surface area contributed by atoms with E-state index in [-0.39, 0.29) is 5.82 Å². The summed E-state index contributed by atoms with van der Waals surface area (Å²) in [6.07, 6.45) is 2.44. The van der Waals surface area contributed by atoms with Crippen molar-refractivity contribution in [3.8, 4) is 0 Å². The Labute approximate surface area is 113 Å². The molecular weight excluding hydrogens is 269 g/mol. The fourth-order valence-electron chi connectivity index (χ4n) is 1.48. The number of hydrogen-bond donors (Lipinski definition) is 1. The maximum absolute atomic E-state index is 13.4. The van der Waals surface area contributed by atoms with Gasteiger partial charge in [0.15, 0.2) is 5.82 Å². The topological polar surface area (TPSA) is 37.8 Å². The molecule has 0 unspecified atom stereocenters. The summed E-state index contributed by atoms with van der Waals surface area (Å²) in [5.74, 6) is 1.18. The van der Waals surface area contributed by atoms with Gasteiger partial charge in [0, 0.05) is 22.5 Å². The van der Waals surface area contributed by atoms with Crippen molar-refractivity contribution in [2.24, 2.45) is 0 Å². The van der Waals surface area contributed by atoms with Crippen LogP contribution in [0.25, 0.3) is 0 Å². The number of nitrogens with zero attached hydrogens (tertiary/aromatic N) is 2. The van der Waals surface area contributed by atoms with Crippen LogP contribution >= 0.6 is 23.3 Å². The van der Waals surface area contributed by atoms with Crippen LogP contribution < -0.4 is 5.32 Å². The number of anilines is 1. The lowest BCUT2D eigenvalue weighted by Crippen LogP contribution is -1.99. The van der Waals surface area contributed by atoms with Gasteiger partial charge in [-0.05, 0) is 25.0 Å². The molecule has 1 aromatic carbocycles. The lowest BCUT2D eigenvalue weighted by atomic mass is 10.3. The summed E-state index contributed by atoms with van der Waals surface area (Å²) >= 11 is 2.80. The van der Waals surface area contributed by atoms with Gasteiger partial charge in [-0.3, -0.25) is 0 Å². The molecule has 0 aliphatic heterocycles. The first-order valence-electron chi connectivity index (χ1n) is 5.78. The molecule has 1 aromatic heterocycles. The molecule has 18 heavy (non-hydrogen) atoms. The summed E-state index contributed by atoms with van der Waals surface area (Å²) in [6.45, 7) is 0. The fraction of sp³-hybridized carbons (Fsp3) is 0.333. The number of aromatic nitrogens is 2. The second kappa shape index (κ2) is 5.24. The van der Waals surface area contributed by atoms with Crippen molar-refractivity contribution in [1.82, 2.24) is 9.36 Å². The standard InChI is InChI=1S/C12H12FN3S2/c13-9-3-1-2-4-10(9)17-7-11-15-12(18-16-11)14-8-5-6-8/h1-4,8H,5-7H2,(H,14,15,16). The monoisotopic (exact) mass is 281 g/mol. The molecule has 3 rings (SSSR count). The van der Waals surface area contributed by atoms with Crippen LogP contribution in [-0.4, -0.2) is 15.4 Å². The maximum atomic E-state index is 13.4. The Bertz CT molecular complexity index is 540. The molecule has 94 valence electrons. The minimum Gasteiger partial charge on any atom is -0.358 e. The average Bonchev–Trinajstić information content (AvgIpc) is 3.06. The number of hydrogen-bond acceptors (Lipinski definition) is 5. The Hall–Kier alpha value is -1.14. The van der Waals surface area contributed by atoms with E-state index < -0.39 is 0 Å². The van der Waals surface area contributed by atoms with Crippen molar-refractivity contribution < 1.29 is 4.39 Å². The third kappa shape index (κ3) is 3.00. The molecule has 0 atom stereocenters. The van der Waals surface area contributed by atoms with E-state index in [1.807, 2.05) is 6.07 Å². The van der Waals surface area contributed by atoms with Crippen LogP contribution in [0.5, 0.6) is 0 Å². The maximum Gasteiger partial charge on any atom is 0.202 e. The van der Waals surface area contributed by atoms with Gasteiger partial charge >= 0.3 is 0 Å². The van der Waals surface area contributed by atoms with Crippen LogP contribution in [0.4, 0.5) is 9.52 Å². The van der Waals surface area contributed by atoms with Gasteiger partial charge in [-0.15, -0.1) is 11.8 Å². The van der Waals surface area contributed by atoms with Crippen LogP contribution in [0.2, 0.25) is 0 Å². The third-order valence-electron chi connectivity index (χ3n) is 2.57. The molecule has 0 saturated heterocycles. The minimum atomic E-state index is -0.186. The smallest absolute Gasteiger partial charge is 0.202 e. The molecule has 1 aliphatic carbocycles. The van der Waals surface area contributed by atoms with Crippen molar-refractivity contribution in [3.05, 3.63) is 35.9 Å². The highest BCUT2D eigenvalue weighted by molar-refractivity contribution is 7.98. The van der Waals surface area contributed by atoms with Crippen molar-refractivity contribution in [2.75, 3.05) is 5.32 Å². The quantitative estimate of drug-likeness (QED) is 0.851. The van der Waals surface area contributed by atoms with E-state index in [0.717, 1.165) is 11.0 Å². The molecule has 1 N–H and O–H groups in total. The lowest BCUT2D eigenvalue weighted by molar-refractivity contribution is 0.602. The van der Waals surface area contributed by atoms with E-state index in [2.05, 4.69) is 14.7 Å². The van der Waals surface area contributed by atoms with Gasteiger partial charge in [0.2, 0.25) is 5.13 Å². The van der Waals surface area contributed by atoms with Gasteiger partial charge in [0.25, 0.3) is 0 Å². The second-order valence-electron chi connectivity index (χ2n) is 4.15. The summed E-state index contributed by atoms with van der Waals surface area (Å²) in [5.41, 5.74) is 0. The van der Waals surface area contributed by atoms with Crippen LogP contribution in [-0.2, 0) is 5.75 Å². The van der Waals surface area contributed by atoms with Gasteiger partial charge < -0.3 is 5.32 Å². The van der Waals surface area contributed by atoms with Gasteiger partial charge in [0.1, 0.15) is 5.82 Å². The number of rotatable bonds is 5. The summed E-state index contributed by atoms with van der Waals surface area (Å²) in [4.78, 5) is 5.03. The van der Waals surface area contributed by atoms with Gasteiger partial charge in [0.05, 0.1) is 5.75 Å². The zero-order chi connectivity index (χ0) is 12.4. The van der Waals surface area contributed by atoms with Crippen LogP contribution in [0.1, 0.15) is 18.7 Å². The summed E-state index contributed by atoms with van der Waals surface area (Å²) < 4.78 is 17.7. The molecule has 1 saturated carbocycles. The van der Waals surface area contributed by atoms with E-state index in [1.165, 1.54) is 42.2 Å². The Balaban J connectivity index is 1.59. The minimum absolute atomic E-state index is 0.186. The molecule has 6 heteroatoms. The normalized spacial score (nSPS) is 14.7. The molecular formula is C12H12FN3S2. The Kier molecular flexibility index (Phi) is 3.47. The molecule has 0 amide bonds. The molecule has 1 heterocycles. The number of benzene rings is 1. The number of halogens is 1. The first kappa shape index (κ1) is 11.9. The van der Waals surface area contributed by atoms with Crippen LogP contribution in [0.15, 0.2) is 29.2 Å². The first-order chi connectivity index (χ1) is 8.81. The lowest BCUT2D eigenvalue weighted by Gasteiger charge is -1.99. The van der Waals surface area contributed by atoms with E-state index in [9.17, 15) is 4.39 Å². The highest BCUT2D eigenvalue weighted by atomic mass is 32.2. The Morgan fingerprint density at radius 1 is 1.39 bits per heavy atom. The van der Waals surface area contributed by atoms with Crippen molar-refractivity contribution in [3.63, 3.8) is 0 Å². The molecule has 0 radical (unpaired) electrons. The molecule has 0 spiro atoms. The van der Waals surface area contributed by atoms with E-state index in [4.69, 9.17) is 0 Å².